The Labute approximate surface area is 82.0 Å². The Hall–Kier alpha value is -1.49. The molecule has 1 rings (SSSR count). The van der Waals surface area contributed by atoms with Crippen molar-refractivity contribution in [3.05, 3.63) is 24.3 Å². The van der Waals surface area contributed by atoms with Crippen molar-refractivity contribution >= 4 is 5.97 Å². The number of carboxylic acid groups (broad SMARTS) is 1. The summed E-state index contributed by atoms with van der Waals surface area (Å²) in [7, 11) is 0. The molecule has 3 N–H and O–H groups in total. The average molecular weight is 195 g/mol. The smallest absolute Gasteiger partial charge is 0.303 e. The van der Waals surface area contributed by atoms with Crippen LogP contribution in [0.4, 0.5) is 0 Å². The van der Waals surface area contributed by atoms with Crippen LogP contribution in [0.25, 0.3) is 0 Å². The quantitative estimate of drug-likeness (QED) is 0.701. The molecule has 0 aliphatic heterocycles. The molecule has 0 aliphatic rings. The number of hydrogen-bond acceptors (Lipinski definition) is 4. The lowest BCUT2D eigenvalue weighted by molar-refractivity contribution is -0.137. The van der Waals surface area contributed by atoms with Gasteiger partial charge < -0.3 is 10.8 Å². The lowest BCUT2D eigenvalue weighted by atomic mass is 10.1. The third-order valence-electron chi connectivity index (χ3n) is 1.84. The van der Waals surface area contributed by atoms with Gasteiger partial charge in [0.15, 0.2) is 0 Å². The van der Waals surface area contributed by atoms with Gasteiger partial charge in [-0.1, -0.05) is 0 Å². The van der Waals surface area contributed by atoms with Gasteiger partial charge in [-0.2, -0.15) is 0 Å². The van der Waals surface area contributed by atoms with Crippen molar-refractivity contribution in [1.82, 2.24) is 9.97 Å². The van der Waals surface area contributed by atoms with E-state index in [4.69, 9.17) is 10.8 Å². The summed E-state index contributed by atoms with van der Waals surface area (Å²) in [5.74, 6) is -0.815. The van der Waals surface area contributed by atoms with Gasteiger partial charge in [0.25, 0.3) is 0 Å². The highest BCUT2D eigenvalue weighted by molar-refractivity contribution is 5.66. The zero-order valence-electron chi connectivity index (χ0n) is 7.76. The topological polar surface area (TPSA) is 89.1 Å². The van der Waals surface area contributed by atoms with Crippen molar-refractivity contribution in [2.75, 3.05) is 0 Å². The predicted molar refractivity (Wildman–Crippen MR) is 50.6 cm³/mol. The summed E-state index contributed by atoms with van der Waals surface area (Å²) < 4.78 is 0. The van der Waals surface area contributed by atoms with E-state index in [0.29, 0.717) is 12.8 Å². The highest BCUT2D eigenvalue weighted by Crippen LogP contribution is 2.03. The molecule has 1 atom stereocenters. The largest absolute Gasteiger partial charge is 0.481 e. The highest BCUT2D eigenvalue weighted by Gasteiger charge is 2.06. The second-order valence-corrected chi connectivity index (χ2v) is 3.14. The van der Waals surface area contributed by atoms with Crippen LogP contribution in [-0.4, -0.2) is 27.1 Å². The summed E-state index contributed by atoms with van der Waals surface area (Å²) in [6.07, 6.45) is 6.03. The van der Waals surface area contributed by atoms with Gasteiger partial charge in [-0.05, 0) is 18.4 Å². The minimum absolute atomic E-state index is 0.106. The first-order valence-electron chi connectivity index (χ1n) is 4.39. The predicted octanol–water partition coefficient (Wildman–Crippen LogP) is 0.211. The Balaban J connectivity index is 2.34. The van der Waals surface area contributed by atoms with Crippen LogP contribution in [0.3, 0.4) is 0 Å². The second-order valence-electron chi connectivity index (χ2n) is 3.14. The van der Waals surface area contributed by atoms with Gasteiger partial charge in [-0.25, -0.2) is 9.97 Å². The van der Waals surface area contributed by atoms with Crippen molar-refractivity contribution in [3.8, 4) is 0 Å². The molecule has 76 valence electrons. The number of carboxylic acids is 1. The molecule has 5 nitrogen and oxygen atoms in total. The highest BCUT2D eigenvalue weighted by atomic mass is 16.4. The summed E-state index contributed by atoms with van der Waals surface area (Å²) in [5.41, 5.74) is 6.67. The maximum Gasteiger partial charge on any atom is 0.303 e. The van der Waals surface area contributed by atoms with Gasteiger partial charge in [-0.15, -0.1) is 0 Å². The van der Waals surface area contributed by atoms with Crippen LogP contribution in [0.15, 0.2) is 18.7 Å². The maximum atomic E-state index is 10.3. The molecule has 0 amide bonds. The van der Waals surface area contributed by atoms with Gasteiger partial charge in [0, 0.05) is 24.9 Å². The fraction of sp³-hybridized carbons (Fsp3) is 0.444. The van der Waals surface area contributed by atoms with E-state index in [0.717, 1.165) is 5.56 Å². The van der Waals surface area contributed by atoms with Crippen LogP contribution in [0.1, 0.15) is 18.4 Å². The molecule has 5 heteroatoms. The molecule has 1 aromatic heterocycles. The zero-order valence-corrected chi connectivity index (χ0v) is 7.76. The van der Waals surface area contributed by atoms with E-state index in [1.54, 1.807) is 12.4 Å². The molecule has 0 radical (unpaired) electrons. The zero-order chi connectivity index (χ0) is 10.4. The fourth-order valence-electron chi connectivity index (χ4n) is 1.15. The van der Waals surface area contributed by atoms with Crippen LogP contribution in [0.2, 0.25) is 0 Å². The summed E-state index contributed by atoms with van der Waals surface area (Å²) in [4.78, 5) is 18.0. The normalized spacial score (nSPS) is 12.4. The standard InChI is InChI=1S/C9H13N3O2/c10-8(1-2-9(13)14)3-7-4-11-6-12-5-7/h4-6,8H,1-3,10H2,(H,13,14). The first-order chi connectivity index (χ1) is 6.68. The van der Waals surface area contributed by atoms with E-state index in [2.05, 4.69) is 9.97 Å². The summed E-state index contributed by atoms with van der Waals surface area (Å²) in [5, 5.41) is 8.45. The Morgan fingerprint density at radius 1 is 1.50 bits per heavy atom. The first kappa shape index (κ1) is 10.6. The van der Waals surface area contributed by atoms with Crippen molar-refractivity contribution in [3.63, 3.8) is 0 Å². The molecule has 0 saturated carbocycles. The van der Waals surface area contributed by atoms with Gasteiger partial charge in [0.2, 0.25) is 0 Å². The van der Waals surface area contributed by atoms with Crippen LogP contribution in [-0.2, 0) is 11.2 Å². The van der Waals surface area contributed by atoms with Crippen molar-refractivity contribution in [2.45, 2.75) is 25.3 Å². The number of carbonyl (C=O) groups is 1. The van der Waals surface area contributed by atoms with Crippen LogP contribution < -0.4 is 5.73 Å². The number of nitrogens with two attached hydrogens (primary N) is 1. The number of nitrogens with zero attached hydrogens (tertiary/aromatic N) is 2. The fourth-order valence-corrected chi connectivity index (χ4v) is 1.15. The molecule has 1 heterocycles. The molecule has 0 fully saturated rings. The number of rotatable bonds is 5. The monoisotopic (exact) mass is 195 g/mol. The minimum atomic E-state index is -0.815. The van der Waals surface area contributed by atoms with Gasteiger partial charge in [0.05, 0.1) is 0 Å². The lowest BCUT2D eigenvalue weighted by Crippen LogP contribution is -2.23. The molecule has 0 aromatic carbocycles. The average Bonchev–Trinajstić information content (AvgIpc) is 2.16. The molecular weight excluding hydrogens is 182 g/mol. The third-order valence-corrected chi connectivity index (χ3v) is 1.84. The molecule has 0 aliphatic carbocycles. The summed E-state index contributed by atoms with van der Waals surface area (Å²) >= 11 is 0. The van der Waals surface area contributed by atoms with Gasteiger partial charge in [-0.3, -0.25) is 4.79 Å². The third kappa shape index (κ3) is 3.95. The summed E-state index contributed by atoms with van der Waals surface area (Å²) in [6.45, 7) is 0. The Kier molecular flexibility index (Phi) is 4.00. The van der Waals surface area contributed by atoms with E-state index in [9.17, 15) is 4.79 Å². The van der Waals surface area contributed by atoms with E-state index < -0.39 is 5.97 Å². The first-order valence-corrected chi connectivity index (χ1v) is 4.39. The minimum Gasteiger partial charge on any atom is -0.481 e. The van der Waals surface area contributed by atoms with Crippen LogP contribution in [0.5, 0.6) is 0 Å². The SMILES string of the molecule is NC(CCC(=O)O)Cc1cncnc1. The number of hydrogen-bond donors (Lipinski definition) is 2. The molecule has 0 saturated heterocycles. The molecule has 0 bridgehead atoms. The number of aromatic nitrogens is 2. The molecular formula is C9H13N3O2. The second kappa shape index (κ2) is 5.29. The van der Waals surface area contributed by atoms with Crippen LogP contribution in [0, 0.1) is 0 Å². The molecule has 1 aromatic rings. The van der Waals surface area contributed by atoms with E-state index in [1.165, 1.54) is 6.33 Å². The summed E-state index contributed by atoms with van der Waals surface area (Å²) in [6, 6.07) is -0.142. The molecule has 14 heavy (non-hydrogen) atoms. The van der Waals surface area contributed by atoms with Crippen molar-refractivity contribution < 1.29 is 9.90 Å². The number of aliphatic carboxylic acids is 1. The van der Waals surface area contributed by atoms with Gasteiger partial charge in [0.1, 0.15) is 6.33 Å². The Morgan fingerprint density at radius 2 is 2.14 bits per heavy atom. The van der Waals surface area contributed by atoms with E-state index in [1.807, 2.05) is 0 Å². The lowest BCUT2D eigenvalue weighted by Gasteiger charge is -2.08. The van der Waals surface area contributed by atoms with Crippen LogP contribution >= 0.6 is 0 Å². The van der Waals surface area contributed by atoms with Crippen molar-refractivity contribution in [2.24, 2.45) is 5.73 Å². The van der Waals surface area contributed by atoms with E-state index in [-0.39, 0.29) is 12.5 Å². The van der Waals surface area contributed by atoms with Gasteiger partial charge >= 0.3 is 5.97 Å². The Morgan fingerprint density at radius 3 is 2.71 bits per heavy atom. The Bertz CT molecular complexity index is 289. The van der Waals surface area contributed by atoms with E-state index >= 15 is 0 Å². The molecule has 1 unspecified atom stereocenters. The van der Waals surface area contributed by atoms with Crippen molar-refractivity contribution in [1.29, 1.82) is 0 Å². The maximum absolute atomic E-state index is 10.3. The molecule has 0 spiro atoms.